The normalized spacial score (nSPS) is 12.9. The van der Waals surface area contributed by atoms with E-state index in [0.717, 1.165) is 18.2 Å². The Kier molecular flexibility index (Phi) is 7.36. The zero-order valence-electron chi connectivity index (χ0n) is 12.2. The molecule has 104 valence electrons. The molecule has 0 fully saturated rings. The molecule has 0 saturated heterocycles. The summed E-state index contributed by atoms with van der Waals surface area (Å²) in [6.07, 6.45) is 4.96. The zero-order chi connectivity index (χ0) is 13.4. The van der Waals surface area contributed by atoms with Crippen molar-refractivity contribution >= 4 is 11.3 Å². The number of methoxy groups -OCH3 is 1. The van der Waals surface area contributed by atoms with Crippen LogP contribution >= 0.6 is 11.3 Å². The van der Waals surface area contributed by atoms with Crippen LogP contribution in [0.4, 0.5) is 0 Å². The molecular weight excluding hydrogens is 242 g/mol. The topological polar surface area (TPSA) is 21.3 Å². The van der Waals surface area contributed by atoms with E-state index in [1.807, 2.05) is 0 Å². The van der Waals surface area contributed by atoms with E-state index >= 15 is 0 Å². The van der Waals surface area contributed by atoms with Gasteiger partial charge in [-0.3, -0.25) is 0 Å². The lowest BCUT2D eigenvalue weighted by molar-refractivity contribution is 0.393. The Morgan fingerprint density at radius 3 is 2.72 bits per heavy atom. The number of rotatable bonds is 9. The predicted molar refractivity (Wildman–Crippen MR) is 80.6 cm³/mol. The number of ether oxygens (including phenoxy) is 1. The molecular formula is C15H27NOS. The van der Waals surface area contributed by atoms with E-state index in [-0.39, 0.29) is 0 Å². The van der Waals surface area contributed by atoms with Crippen LogP contribution in [0.5, 0.6) is 5.75 Å². The van der Waals surface area contributed by atoms with Crippen LogP contribution in [0.25, 0.3) is 0 Å². The molecule has 1 rings (SSSR count). The van der Waals surface area contributed by atoms with Crippen LogP contribution in [0.15, 0.2) is 11.4 Å². The van der Waals surface area contributed by atoms with Crippen molar-refractivity contribution in [2.45, 2.75) is 52.5 Å². The maximum absolute atomic E-state index is 5.44. The fourth-order valence-corrected chi connectivity index (χ4v) is 3.08. The lowest BCUT2D eigenvalue weighted by Gasteiger charge is -2.19. The van der Waals surface area contributed by atoms with Gasteiger partial charge in [-0.25, -0.2) is 0 Å². The molecule has 3 heteroatoms. The van der Waals surface area contributed by atoms with E-state index in [9.17, 15) is 0 Å². The van der Waals surface area contributed by atoms with Crippen LogP contribution in [0, 0.1) is 5.92 Å². The van der Waals surface area contributed by atoms with Crippen molar-refractivity contribution in [3.05, 3.63) is 16.3 Å². The fourth-order valence-electron chi connectivity index (χ4n) is 2.11. The van der Waals surface area contributed by atoms with Gasteiger partial charge in [0, 0.05) is 6.04 Å². The van der Waals surface area contributed by atoms with Gasteiger partial charge >= 0.3 is 0 Å². The Bertz CT molecular complexity index is 322. The van der Waals surface area contributed by atoms with Crippen molar-refractivity contribution in [2.75, 3.05) is 13.7 Å². The maximum atomic E-state index is 5.44. The minimum atomic E-state index is 0.457. The summed E-state index contributed by atoms with van der Waals surface area (Å²) in [4.78, 5) is 1.36. The molecule has 0 bridgehead atoms. The minimum Gasteiger partial charge on any atom is -0.496 e. The van der Waals surface area contributed by atoms with Crippen molar-refractivity contribution in [1.29, 1.82) is 0 Å². The van der Waals surface area contributed by atoms with Gasteiger partial charge in [-0.1, -0.05) is 33.6 Å². The highest BCUT2D eigenvalue weighted by Gasteiger charge is 2.16. The van der Waals surface area contributed by atoms with Crippen LogP contribution < -0.4 is 10.1 Å². The Morgan fingerprint density at radius 2 is 2.11 bits per heavy atom. The number of hydrogen-bond donors (Lipinski definition) is 1. The van der Waals surface area contributed by atoms with Crippen molar-refractivity contribution < 1.29 is 4.74 Å². The average molecular weight is 269 g/mol. The van der Waals surface area contributed by atoms with Crippen LogP contribution in [0.3, 0.4) is 0 Å². The first-order valence-corrected chi connectivity index (χ1v) is 7.91. The molecule has 0 aliphatic carbocycles. The minimum absolute atomic E-state index is 0.457. The first-order valence-electron chi connectivity index (χ1n) is 7.03. The Morgan fingerprint density at radius 1 is 1.33 bits per heavy atom. The molecule has 1 unspecified atom stereocenters. The van der Waals surface area contributed by atoms with Crippen molar-refractivity contribution in [3.63, 3.8) is 0 Å². The number of hydrogen-bond acceptors (Lipinski definition) is 3. The van der Waals surface area contributed by atoms with Gasteiger partial charge in [-0.15, -0.1) is 11.3 Å². The van der Waals surface area contributed by atoms with E-state index < -0.39 is 0 Å². The summed E-state index contributed by atoms with van der Waals surface area (Å²) in [6, 6.07) is 2.53. The summed E-state index contributed by atoms with van der Waals surface area (Å²) < 4.78 is 5.44. The van der Waals surface area contributed by atoms with E-state index in [0.29, 0.717) is 6.04 Å². The molecule has 2 nitrogen and oxygen atoms in total. The van der Waals surface area contributed by atoms with Crippen LogP contribution in [-0.2, 0) is 0 Å². The Hall–Kier alpha value is -0.540. The Labute approximate surface area is 116 Å². The van der Waals surface area contributed by atoms with Gasteiger partial charge in [0.15, 0.2) is 0 Å². The molecule has 1 aromatic rings. The SMILES string of the molecule is CCCNC(CCCC(C)C)c1sccc1OC. The van der Waals surface area contributed by atoms with Crippen LogP contribution in [0.1, 0.15) is 57.4 Å². The Balaban J connectivity index is 2.59. The van der Waals surface area contributed by atoms with Crippen LogP contribution in [-0.4, -0.2) is 13.7 Å². The quantitative estimate of drug-likeness (QED) is 0.706. The lowest BCUT2D eigenvalue weighted by atomic mass is 10.0. The van der Waals surface area contributed by atoms with Crippen molar-refractivity contribution in [3.8, 4) is 5.75 Å². The van der Waals surface area contributed by atoms with Gasteiger partial charge in [-0.2, -0.15) is 0 Å². The monoisotopic (exact) mass is 269 g/mol. The van der Waals surface area contributed by atoms with Crippen molar-refractivity contribution in [2.24, 2.45) is 5.92 Å². The third-order valence-corrected chi connectivity index (χ3v) is 4.12. The van der Waals surface area contributed by atoms with E-state index in [1.165, 1.54) is 30.6 Å². The molecule has 0 aliphatic heterocycles. The highest BCUT2D eigenvalue weighted by molar-refractivity contribution is 7.10. The molecule has 0 saturated carbocycles. The van der Waals surface area contributed by atoms with E-state index in [1.54, 1.807) is 18.4 Å². The van der Waals surface area contributed by atoms with Gasteiger partial charge in [0.25, 0.3) is 0 Å². The molecule has 0 aliphatic rings. The van der Waals surface area contributed by atoms with Gasteiger partial charge in [0.05, 0.1) is 12.0 Å². The fraction of sp³-hybridized carbons (Fsp3) is 0.733. The molecule has 1 N–H and O–H groups in total. The summed E-state index contributed by atoms with van der Waals surface area (Å²) in [5.74, 6) is 1.83. The van der Waals surface area contributed by atoms with Crippen LogP contribution in [0.2, 0.25) is 0 Å². The molecule has 0 amide bonds. The molecule has 0 radical (unpaired) electrons. The molecule has 1 aromatic heterocycles. The number of nitrogens with one attached hydrogen (secondary N) is 1. The van der Waals surface area contributed by atoms with Gasteiger partial charge < -0.3 is 10.1 Å². The first-order chi connectivity index (χ1) is 8.69. The molecule has 18 heavy (non-hydrogen) atoms. The molecule has 0 spiro atoms. The molecule has 1 atom stereocenters. The molecule has 1 heterocycles. The largest absolute Gasteiger partial charge is 0.496 e. The second-order valence-electron chi connectivity index (χ2n) is 5.18. The van der Waals surface area contributed by atoms with E-state index in [4.69, 9.17) is 4.74 Å². The van der Waals surface area contributed by atoms with Gasteiger partial charge in [0.1, 0.15) is 5.75 Å². The third-order valence-electron chi connectivity index (χ3n) is 3.11. The summed E-state index contributed by atoms with van der Waals surface area (Å²) in [5, 5.41) is 5.77. The van der Waals surface area contributed by atoms with E-state index in [2.05, 4.69) is 37.5 Å². The summed E-state index contributed by atoms with van der Waals surface area (Å²) >= 11 is 1.80. The first kappa shape index (κ1) is 15.5. The highest BCUT2D eigenvalue weighted by Crippen LogP contribution is 2.33. The second kappa shape index (κ2) is 8.54. The summed E-state index contributed by atoms with van der Waals surface area (Å²) in [5.41, 5.74) is 0. The third kappa shape index (κ3) is 4.99. The average Bonchev–Trinajstić information content (AvgIpc) is 2.81. The summed E-state index contributed by atoms with van der Waals surface area (Å²) in [7, 11) is 1.76. The lowest BCUT2D eigenvalue weighted by Crippen LogP contribution is -2.21. The maximum Gasteiger partial charge on any atom is 0.134 e. The summed E-state index contributed by atoms with van der Waals surface area (Å²) in [6.45, 7) is 7.87. The van der Waals surface area contributed by atoms with Gasteiger partial charge in [-0.05, 0) is 36.8 Å². The standard InChI is InChI=1S/C15H27NOS/c1-5-10-16-13(8-6-7-12(2)3)15-14(17-4)9-11-18-15/h9,11-13,16H,5-8,10H2,1-4H3. The molecule has 0 aromatic carbocycles. The highest BCUT2D eigenvalue weighted by atomic mass is 32.1. The van der Waals surface area contributed by atoms with Gasteiger partial charge in [0.2, 0.25) is 0 Å². The van der Waals surface area contributed by atoms with Crippen molar-refractivity contribution in [1.82, 2.24) is 5.32 Å². The zero-order valence-corrected chi connectivity index (χ0v) is 13.0. The number of thiophene rings is 1. The second-order valence-corrected chi connectivity index (χ2v) is 6.13. The smallest absolute Gasteiger partial charge is 0.134 e. The predicted octanol–water partition coefficient (Wildman–Crippen LogP) is 4.62.